The van der Waals surface area contributed by atoms with Gasteiger partial charge in [0.15, 0.2) is 5.96 Å². The third-order valence-electron chi connectivity index (χ3n) is 5.33. The molecule has 1 aromatic carbocycles. The number of hydrogen-bond donors (Lipinski definition) is 2. The highest BCUT2D eigenvalue weighted by Crippen LogP contribution is 2.11. The summed E-state index contributed by atoms with van der Waals surface area (Å²) in [6.45, 7) is 7.84. The number of aromatic nitrogens is 3. The molecule has 28 heavy (non-hydrogen) atoms. The van der Waals surface area contributed by atoms with E-state index in [1.54, 1.807) is 6.33 Å². The van der Waals surface area contributed by atoms with Crippen molar-refractivity contribution in [1.29, 1.82) is 0 Å². The molecule has 0 radical (unpaired) electrons. The summed E-state index contributed by atoms with van der Waals surface area (Å²) in [5, 5.41) is 11.2. The molecule has 2 N–H and O–H groups in total. The Morgan fingerprint density at radius 1 is 1.36 bits per heavy atom. The van der Waals surface area contributed by atoms with Crippen LogP contribution in [0, 0.1) is 0 Å². The van der Waals surface area contributed by atoms with Gasteiger partial charge in [0, 0.05) is 38.1 Å². The normalized spacial score (nSPS) is 18.0. The van der Waals surface area contributed by atoms with Crippen molar-refractivity contribution < 1.29 is 0 Å². The van der Waals surface area contributed by atoms with Crippen LogP contribution in [-0.2, 0) is 19.5 Å². The fourth-order valence-corrected chi connectivity index (χ4v) is 3.48. The number of nitrogens with zero attached hydrogens (tertiary/aromatic N) is 5. The SMILES string of the molecule is CCNC(=NCCC(C)N(C)Cc1ccccc1)NC1CCc2ncnn2C1. The molecule has 2 heterocycles. The maximum absolute atomic E-state index is 4.80. The van der Waals surface area contributed by atoms with Crippen LogP contribution in [0.2, 0.25) is 0 Å². The molecular formula is C21H33N7. The summed E-state index contributed by atoms with van der Waals surface area (Å²) in [4.78, 5) is 11.5. The van der Waals surface area contributed by atoms with Crippen LogP contribution in [0.5, 0.6) is 0 Å². The Labute approximate surface area is 168 Å². The number of nitrogens with one attached hydrogen (secondary N) is 2. The van der Waals surface area contributed by atoms with Crippen LogP contribution in [0.25, 0.3) is 0 Å². The van der Waals surface area contributed by atoms with Crippen molar-refractivity contribution in [3.05, 3.63) is 48.0 Å². The number of guanidine groups is 1. The molecule has 1 aliphatic heterocycles. The average Bonchev–Trinajstić information content (AvgIpc) is 3.16. The van der Waals surface area contributed by atoms with E-state index in [0.29, 0.717) is 12.1 Å². The highest BCUT2D eigenvalue weighted by atomic mass is 15.4. The third kappa shape index (κ3) is 5.79. The number of aryl methyl sites for hydroxylation is 1. The Kier molecular flexibility index (Phi) is 7.42. The standard InChI is InChI=1S/C21H33N7/c1-4-22-21(26-19-10-11-20-24-16-25-28(20)15-19)23-13-12-17(2)27(3)14-18-8-6-5-7-9-18/h5-9,16-17,19H,4,10-15H2,1-3H3,(H2,22,23,26). The highest BCUT2D eigenvalue weighted by molar-refractivity contribution is 5.80. The fraction of sp³-hybridized carbons (Fsp3) is 0.571. The first kappa shape index (κ1) is 20.3. The van der Waals surface area contributed by atoms with E-state index in [0.717, 1.165) is 57.2 Å². The largest absolute Gasteiger partial charge is 0.357 e. The van der Waals surface area contributed by atoms with Gasteiger partial charge in [-0.3, -0.25) is 9.89 Å². The lowest BCUT2D eigenvalue weighted by atomic mass is 10.1. The van der Waals surface area contributed by atoms with Crippen molar-refractivity contribution in [3.63, 3.8) is 0 Å². The lowest BCUT2D eigenvalue weighted by Crippen LogP contribution is -2.47. The van der Waals surface area contributed by atoms with Gasteiger partial charge in [0.05, 0.1) is 6.54 Å². The number of fused-ring (bicyclic) bond motifs is 1. The summed E-state index contributed by atoms with van der Waals surface area (Å²) in [5.74, 6) is 1.98. The number of aliphatic imine (C=N–C) groups is 1. The Hall–Kier alpha value is -2.41. The second kappa shape index (κ2) is 10.2. The Morgan fingerprint density at radius 2 is 2.18 bits per heavy atom. The van der Waals surface area contributed by atoms with Crippen molar-refractivity contribution >= 4 is 5.96 Å². The smallest absolute Gasteiger partial charge is 0.191 e. The molecule has 1 aromatic heterocycles. The van der Waals surface area contributed by atoms with Crippen molar-refractivity contribution in [2.75, 3.05) is 20.1 Å². The van der Waals surface area contributed by atoms with Gasteiger partial charge in [0.2, 0.25) is 0 Å². The zero-order chi connectivity index (χ0) is 19.8. The zero-order valence-corrected chi connectivity index (χ0v) is 17.3. The maximum atomic E-state index is 4.80. The van der Waals surface area contributed by atoms with E-state index in [4.69, 9.17) is 4.99 Å². The van der Waals surface area contributed by atoms with Crippen LogP contribution in [0.1, 0.15) is 38.1 Å². The maximum Gasteiger partial charge on any atom is 0.191 e. The molecule has 2 unspecified atom stereocenters. The third-order valence-corrected chi connectivity index (χ3v) is 5.33. The van der Waals surface area contributed by atoms with Gasteiger partial charge < -0.3 is 10.6 Å². The topological polar surface area (TPSA) is 70.4 Å². The van der Waals surface area contributed by atoms with E-state index in [1.807, 2.05) is 4.68 Å². The first-order valence-corrected chi connectivity index (χ1v) is 10.3. The highest BCUT2D eigenvalue weighted by Gasteiger charge is 2.20. The molecule has 0 aliphatic carbocycles. The number of benzene rings is 1. The molecule has 152 valence electrons. The summed E-state index contributed by atoms with van der Waals surface area (Å²) in [5.41, 5.74) is 1.35. The van der Waals surface area contributed by atoms with Crippen LogP contribution < -0.4 is 10.6 Å². The minimum atomic E-state index is 0.338. The van der Waals surface area contributed by atoms with E-state index in [1.165, 1.54) is 5.56 Å². The molecule has 0 bridgehead atoms. The zero-order valence-electron chi connectivity index (χ0n) is 17.3. The van der Waals surface area contributed by atoms with Crippen LogP contribution in [0.4, 0.5) is 0 Å². The average molecular weight is 384 g/mol. The Morgan fingerprint density at radius 3 is 2.96 bits per heavy atom. The minimum absolute atomic E-state index is 0.338. The lowest BCUT2D eigenvalue weighted by Gasteiger charge is -2.26. The van der Waals surface area contributed by atoms with Crippen LogP contribution in [0.15, 0.2) is 41.7 Å². The first-order valence-electron chi connectivity index (χ1n) is 10.3. The van der Waals surface area contributed by atoms with E-state index in [2.05, 4.69) is 76.8 Å². The first-order chi connectivity index (χ1) is 13.7. The summed E-state index contributed by atoms with van der Waals surface area (Å²) in [7, 11) is 2.18. The monoisotopic (exact) mass is 383 g/mol. The molecular weight excluding hydrogens is 350 g/mol. The molecule has 0 fully saturated rings. The molecule has 7 nitrogen and oxygen atoms in total. The summed E-state index contributed by atoms with van der Waals surface area (Å²) in [6.07, 6.45) is 4.68. The second-order valence-corrected chi connectivity index (χ2v) is 7.54. The summed E-state index contributed by atoms with van der Waals surface area (Å²) in [6, 6.07) is 11.4. The van der Waals surface area contributed by atoms with Gasteiger partial charge in [0.1, 0.15) is 12.2 Å². The van der Waals surface area contributed by atoms with E-state index in [-0.39, 0.29) is 0 Å². The van der Waals surface area contributed by atoms with Crippen LogP contribution in [0.3, 0.4) is 0 Å². The summed E-state index contributed by atoms with van der Waals surface area (Å²) < 4.78 is 1.99. The van der Waals surface area contributed by atoms with Gasteiger partial charge in [-0.25, -0.2) is 9.67 Å². The molecule has 3 rings (SSSR count). The number of rotatable bonds is 8. The van der Waals surface area contributed by atoms with Crippen LogP contribution >= 0.6 is 0 Å². The van der Waals surface area contributed by atoms with Crippen molar-refractivity contribution in [1.82, 2.24) is 30.3 Å². The van der Waals surface area contributed by atoms with Crippen molar-refractivity contribution in [3.8, 4) is 0 Å². The van der Waals surface area contributed by atoms with Gasteiger partial charge in [-0.2, -0.15) is 5.10 Å². The van der Waals surface area contributed by atoms with E-state index in [9.17, 15) is 0 Å². The Bertz CT molecular complexity index is 740. The molecule has 0 spiro atoms. The minimum Gasteiger partial charge on any atom is -0.357 e. The molecule has 0 saturated carbocycles. The van der Waals surface area contributed by atoms with E-state index < -0.39 is 0 Å². The lowest BCUT2D eigenvalue weighted by molar-refractivity contribution is 0.240. The number of hydrogen-bond acceptors (Lipinski definition) is 4. The quantitative estimate of drug-likeness (QED) is 0.539. The molecule has 7 heteroatoms. The van der Waals surface area contributed by atoms with Gasteiger partial charge in [0.25, 0.3) is 0 Å². The van der Waals surface area contributed by atoms with Crippen molar-refractivity contribution in [2.24, 2.45) is 4.99 Å². The predicted molar refractivity (Wildman–Crippen MR) is 113 cm³/mol. The molecule has 0 saturated heterocycles. The van der Waals surface area contributed by atoms with Crippen LogP contribution in [-0.4, -0.2) is 57.8 Å². The molecule has 2 aromatic rings. The molecule has 0 amide bonds. The van der Waals surface area contributed by atoms with Gasteiger partial charge in [-0.15, -0.1) is 0 Å². The van der Waals surface area contributed by atoms with Crippen molar-refractivity contribution in [2.45, 2.75) is 58.3 Å². The predicted octanol–water partition coefficient (Wildman–Crippen LogP) is 2.06. The van der Waals surface area contributed by atoms with Gasteiger partial charge in [-0.1, -0.05) is 30.3 Å². The Balaban J connectivity index is 1.47. The summed E-state index contributed by atoms with van der Waals surface area (Å²) >= 11 is 0. The van der Waals surface area contributed by atoms with Gasteiger partial charge >= 0.3 is 0 Å². The second-order valence-electron chi connectivity index (χ2n) is 7.54. The molecule has 1 aliphatic rings. The molecule has 2 atom stereocenters. The van der Waals surface area contributed by atoms with Gasteiger partial charge in [-0.05, 0) is 39.3 Å². The fourth-order valence-electron chi connectivity index (χ4n) is 3.48. The van der Waals surface area contributed by atoms with E-state index >= 15 is 0 Å².